The first-order valence-electron chi connectivity index (χ1n) is 6.95. The van der Waals surface area contributed by atoms with Crippen LogP contribution in [0.1, 0.15) is 29.5 Å². The number of hydrazone groups is 1. The number of nitrogens with zero attached hydrogens (tertiary/aromatic N) is 1. The molecule has 2 N–H and O–H groups in total. The molecule has 2 amide bonds. The second-order valence-electron chi connectivity index (χ2n) is 5.15. The van der Waals surface area contributed by atoms with Gasteiger partial charge >= 0.3 is 0 Å². The highest BCUT2D eigenvalue weighted by atomic mass is 16.3. The number of furan rings is 1. The number of anilines is 1. The van der Waals surface area contributed by atoms with Crippen molar-refractivity contribution in [2.75, 3.05) is 5.32 Å². The van der Waals surface area contributed by atoms with E-state index >= 15 is 0 Å². The van der Waals surface area contributed by atoms with Crippen LogP contribution in [-0.4, -0.2) is 17.5 Å². The molecule has 6 heteroatoms. The van der Waals surface area contributed by atoms with Gasteiger partial charge in [-0.15, -0.1) is 0 Å². The van der Waals surface area contributed by atoms with Crippen LogP contribution >= 0.6 is 0 Å². The largest absolute Gasteiger partial charge is 0.459 e. The number of benzene rings is 1. The van der Waals surface area contributed by atoms with Crippen LogP contribution in [-0.2, 0) is 4.79 Å². The Labute approximate surface area is 127 Å². The van der Waals surface area contributed by atoms with Crippen LogP contribution < -0.4 is 10.7 Å². The molecule has 1 aromatic carbocycles. The lowest BCUT2D eigenvalue weighted by molar-refractivity contribution is -0.121. The zero-order chi connectivity index (χ0) is 15.5. The Kier molecular flexibility index (Phi) is 3.74. The highest BCUT2D eigenvalue weighted by Crippen LogP contribution is 2.18. The second-order valence-corrected chi connectivity index (χ2v) is 5.15. The number of nitrogens with one attached hydrogen (secondary N) is 2. The fraction of sp³-hybridized carbons (Fsp3) is 0.188. The third-order valence-electron chi connectivity index (χ3n) is 3.44. The van der Waals surface area contributed by atoms with Crippen molar-refractivity contribution >= 4 is 23.2 Å². The first-order chi connectivity index (χ1) is 10.6. The average Bonchev–Trinajstić information content (AvgIpc) is 3.03. The minimum Gasteiger partial charge on any atom is -0.459 e. The summed E-state index contributed by atoms with van der Waals surface area (Å²) in [6, 6.07) is 10.6. The Balaban J connectivity index is 1.73. The van der Waals surface area contributed by atoms with Crippen molar-refractivity contribution in [3.05, 3.63) is 54.0 Å². The molecule has 0 aliphatic carbocycles. The molecule has 1 aliphatic heterocycles. The van der Waals surface area contributed by atoms with E-state index in [1.165, 1.54) is 6.26 Å². The molecule has 6 nitrogen and oxygen atoms in total. The molecule has 22 heavy (non-hydrogen) atoms. The van der Waals surface area contributed by atoms with E-state index in [9.17, 15) is 9.59 Å². The Hall–Kier alpha value is -2.89. The fourth-order valence-corrected chi connectivity index (χ4v) is 2.33. The molecule has 0 spiro atoms. The molecule has 0 saturated heterocycles. The van der Waals surface area contributed by atoms with Gasteiger partial charge < -0.3 is 9.73 Å². The Morgan fingerprint density at radius 2 is 2.09 bits per heavy atom. The van der Waals surface area contributed by atoms with E-state index in [1.807, 2.05) is 19.1 Å². The van der Waals surface area contributed by atoms with E-state index in [4.69, 9.17) is 4.42 Å². The monoisotopic (exact) mass is 297 g/mol. The summed E-state index contributed by atoms with van der Waals surface area (Å²) in [7, 11) is 0. The number of hydrogen-bond acceptors (Lipinski definition) is 4. The standard InChI is InChI=1S/C16H15N3O3/c1-10-9-14(20)18-19-15(10)11-4-6-12(7-5-11)17-16(21)13-3-2-8-22-13/h2-8,10H,9H2,1H3,(H,17,21)(H,18,20)/t10-/m0/s1. The maximum atomic E-state index is 11.9. The Morgan fingerprint density at radius 1 is 1.32 bits per heavy atom. The van der Waals surface area contributed by atoms with Crippen molar-refractivity contribution in [3.63, 3.8) is 0 Å². The van der Waals surface area contributed by atoms with E-state index < -0.39 is 0 Å². The molecule has 0 radical (unpaired) electrons. The van der Waals surface area contributed by atoms with Gasteiger partial charge in [0.25, 0.3) is 5.91 Å². The predicted octanol–water partition coefficient (Wildman–Crippen LogP) is 2.39. The number of carbonyl (C=O) groups is 2. The van der Waals surface area contributed by atoms with Crippen LogP contribution in [0.4, 0.5) is 5.69 Å². The Morgan fingerprint density at radius 3 is 2.73 bits per heavy atom. The summed E-state index contributed by atoms with van der Waals surface area (Å²) in [5, 5.41) is 6.86. The summed E-state index contributed by atoms with van der Waals surface area (Å²) >= 11 is 0. The maximum absolute atomic E-state index is 11.9. The first-order valence-corrected chi connectivity index (χ1v) is 6.95. The number of amides is 2. The first kappa shape index (κ1) is 14.1. The molecular weight excluding hydrogens is 282 g/mol. The molecular formula is C16H15N3O3. The summed E-state index contributed by atoms with van der Waals surface area (Å²) in [4.78, 5) is 23.1. The van der Waals surface area contributed by atoms with Gasteiger partial charge in [-0.1, -0.05) is 19.1 Å². The van der Waals surface area contributed by atoms with Gasteiger partial charge in [0.15, 0.2) is 5.76 Å². The van der Waals surface area contributed by atoms with Crippen molar-refractivity contribution in [2.24, 2.45) is 11.0 Å². The quantitative estimate of drug-likeness (QED) is 0.912. The van der Waals surface area contributed by atoms with Gasteiger partial charge in [-0.3, -0.25) is 9.59 Å². The Bertz CT molecular complexity index is 718. The minimum atomic E-state index is -0.298. The molecule has 3 rings (SSSR count). The van der Waals surface area contributed by atoms with Crippen LogP contribution in [0.15, 0.2) is 52.2 Å². The lowest BCUT2D eigenvalue weighted by Crippen LogP contribution is -2.31. The van der Waals surface area contributed by atoms with Gasteiger partial charge in [0.2, 0.25) is 5.91 Å². The molecule has 0 fully saturated rings. The normalized spacial score (nSPS) is 17.6. The highest BCUT2D eigenvalue weighted by molar-refractivity contribution is 6.06. The molecule has 0 unspecified atom stereocenters. The number of hydrogen-bond donors (Lipinski definition) is 2. The van der Waals surface area contributed by atoms with Crippen molar-refractivity contribution in [3.8, 4) is 0 Å². The minimum absolute atomic E-state index is 0.0670. The molecule has 2 heterocycles. The molecule has 0 bridgehead atoms. The van der Waals surface area contributed by atoms with Gasteiger partial charge in [-0.25, -0.2) is 5.43 Å². The summed E-state index contributed by atoms with van der Waals surface area (Å²) in [5.41, 5.74) is 4.91. The SMILES string of the molecule is C[C@H]1CC(=O)NN=C1c1ccc(NC(=O)c2ccco2)cc1. The van der Waals surface area contributed by atoms with Gasteiger partial charge in [-0.2, -0.15) is 5.10 Å². The van der Waals surface area contributed by atoms with E-state index in [-0.39, 0.29) is 23.5 Å². The van der Waals surface area contributed by atoms with Crippen molar-refractivity contribution < 1.29 is 14.0 Å². The van der Waals surface area contributed by atoms with Crippen LogP contribution in [0, 0.1) is 5.92 Å². The van der Waals surface area contributed by atoms with Crippen LogP contribution in [0.3, 0.4) is 0 Å². The summed E-state index contributed by atoms with van der Waals surface area (Å²) < 4.78 is 5.04. The second kappa shape index (κ2) is 5.85. The van der Waals surface area contributed by atoms with Gasteiger partial charge in [-0.05, 0) is 29.8 Å². The van der Waals surface area contributed by atoms with E-state index in [2.05, 4.69) is 15.8 Å². The lowest BCUT2D eigenvalue weighted by atomic mass is 9.94. The van der Waals surface area contributed by atoms with Gasteiger partial charge in [0, 0.05) is 18.0 Å². The van der Waals surface area contributed by atoms with Crippen LogP contribution in [0.5, 0.6) is 0 Å². The topological polar surface area (TPSA) is 83.7 Å². The fourth-order valence-electron chi connectivity index (χ4n) is 2.33. The molecule has 1 aromatic heterocycles. The molecule has 2 aromatic rings. The van der Waals surface area contributed by atoms with Crippen LogP contribution in [0.2, 0.25) is 0 Å². The predicted molar refractivity (Wildman–Crippen MR) is 81.6 cm³/mol. The van der Waals surface area contributed by atoms with Crippen LogP contribution in [0.25, 0.3) is 0 Å². The summed E-state index contributed by atoms with van der Waals surface area (Å²) in [6.45, 7) is 1.96. The lowest BCUT2D eigenvalue weighted by Gasteiger charge is -2.19. The van der Waals surface area contributed by atoms with Crippen molar-refractivity contribution in [1.29, 1.82) is 0 Å². The average molecular weight is 297 g/mol. The van der Waals surface area contributed by atoms with Gasteiger partial charge in [0.05, 0.1) is 12.0 Å². The van der Waals surface area contributed by atoms with E-state index in [0.29, 0.717) is 12.1 Å². The molecule has 1 atom stereocenters. The summed E-state index contributed by atoms with van der Waals surface area (Å²) in [5.74, 6) is -0.0404. The van der Waals surface area contributed by atoms with E-state index in [0.717, 1.165) is 11.3 Å². The summed E-state index contributed by atoms with van der Waals surface area (Å²) in [6.07, 6.45) is 1.88. The number of carbonyl (C=O) groups excluding carboxylic acids is 2. The molecule has 0 saturated carbocycles. The van der Waals surface area contributed by atoms with E-state index in [1.54, 1.807) is 24.3 Å². The number of rotatable bonds is 3. The third-order valence-corrected chi connectivity index (χ3v) is 3.44. The maximum Gasteiger partial charge on any atom is 0.291 e. The smallest absolute Gasteiger partial charge is 0.291 e. The highest BCUT2D eigenvalue weighted by Gasteiger charge is 2.21. The molecule has 1 aliphatic rings. The zero-order valence-electron chi connectivity index (χ0n) is 12.0. The zero-order valence-corrected chi connectivity index (χ0v) is 12.0. The van der Waals surface area contributed by atoms with Crippen molar-refractivity contribution in [1.82, 2.24) is 5.43 Å². The van der Waals surface area contributed by atoms with Gasteiger partial charge in [0.1, 0.15) is 0 Å². The van der Waals surface area contributed by atoms with Crippen molar-refractivity contribution in [2.45, 2.75) is 13.3 Å². The third kappa shape index (κ3) is 2.90. The molecule has 112 valence electrons.